The molecular formula is C21H19ClNO2-. The van der Waals surface area contributed by atoms with Crippen LogP contribution in [0.3, 0.4) is 0 Å². The Balaban J connectivity index is 2.13. The minimum atomic E-state index is -1.04. The van der Waals surface area contributed by atoms with Crippen LogP contribution >= 0.6 is 11.6 Å². The molecule has 0 radical (unpaired) electrons. The number of aryl methyl sites for hydroxylation is 3. The number of halogens is 1. The van der Waals surface area contributed by atoms with E-state index >= 15 is 0 Å². The van der Waals surface area contributed by atoms with E-state index in [1.54, 1.807) is 0 Å². The largest absolute Gasteiger partial charge is 0.550 e. The van der Waals surface area contributed by atoms with E-state index in [0.29, 0.717) is 11.4 Å². The third-order valence-corrected chi connectivity index (χ3v) is 4.69. The SMILES string of the molecule is Cc1ccc(-n2c(CCC(=O)[O-])ccc2-c2ccc(Cl)cc2)cc1C. The topological polar surface area (TPSA) is 45.1 Å². The molecule has 0 saturated carbocycles. The van der Waals surface area contributed by atoms with Gasteiger partial charge in [0.05, 0.1) is 5.69 Å². The van der Waals surface area contributed by atoms with Crippen LogP contribution in [0.25, 0.3) is 16.9 Å². The molecule has 0 N–H and O–H groups in total. The van der Waals surface area contributed by atoms with E-state index in [2.05, 4.69) is 36.6 Å². The lowest BCUT2D eigenvalue weighted by molar-refractivity contribution is -0.305. The van der Waals surface area contributed by atoms with E-state index in [0.717, 1.165) is 22.6 Å². The lowest BCUT2D eigenvalue weighted by atomic mass is 10.1. The molecule has 1 heterocycles. The van der Waals surface area contributed by atoms with Crippen molar-refractivity contribution in [2.24, 2.45) is 0 Å². The number of rotatable bonds is 5. The monoisotopic (exact) mass is 352 g/mol. The van der Waals surface area contributed by atoms with E-state index in [1.165, 1.54) is 11.1 Å². The van der Waals surface area contributed by atoms with E-state index < -0.39 is 5.97 Å². The summed E-state index contributed by atoms with van der Waals surface area (Å²) >= 11 is 6.00. The minimum Gasteiger partial charge on any atom is -0.550 e. The van der Waals surface area contributed by atoms with Crippen LogP contribution < -0.4 is 5.11 Å². The van der Waals surface area contributed by atoms with Crippen molar-refractivity contribution in [3.8, 4) is 16.9 Å². The van der Waals surface area contributed by atoms with Gasteiger partial charge in [0.25, 0.3) is 0 Å². The molecule has 0 saturated heterocycles. The van der Waals surface area contributed by atoms with Gasteiger partial charge in [0, 0.05) is 22.4 Å². The first-order chi connectivity index (χ1) is 12.0. The van der Waals surface area contributed by atoms with Gasteiger partial charge in [0.15, 0.2) is 0 Å². The molecule has 0 aliphatic heterocycles. The number of benzene rings is 2. The molecule has 0 amide bonds. The highest BCUT2D eigenvalue weighted by Crippen LogP contribution is 2.29. The minimum absolute atomic E-state index is 0.00504. The van der Waals surface area contributed by atoms with Crippen LogP contribution in [0.5, 0.6) is 0 Å². The average Bonchev–Trinajstić information content (AvgIpc) is 3.00. The second-order valence-corrected chi connectivity index (χ2v) is 6.63. The number of nitrogens with zero attached hydrogens (tertiary/aromatic N) is 1. The fourth-order valence-electron chi connectivity index (χ4n) is 2.92. The molecule has 0 aliphatic carbocycles. The molecule has 4 heteroatoms. The zero-order chi connectivity index (χ0) is 18.0. The lowest BCUT2D eigenvalue weighted by Gasteiger charge is -2.16. The standard InChI is InChI=1S/C21H20ClNO2/c1-14-3-8-19(13-15(14)2)23-18(10-12-21(24)25)9-11-20(23)16-4-6-17(22)7-5-16/h3-9,11,13H,10,12H2,1-2H3,(H,24,25)/p-1. The molecule has 0 spiro atoms. The third-order valence-electron chi connectivity index (χ3n) is 4.44. The summed E-state index contributed by atoms with van der Waals surface area (Å²) in [6.45, 7) is 4.15. The Labute approximate surface area is 152 Å². The zero-order valence-corrected chi connectivity index (χ0v) is 15.0. The van der Waals surface area contributed by atoms with E-state index in [-0.39, 0.29) is 6.42 Å². The number of hydrogen-bond donors (Lipinski definition) is 0. The lowest BCUT2D eigenvalue weighted by Crippen LogP contribution is -2.22. The van der Waals surface area contributed by atoms with Gasteiger partial charge in [-0.05, 0) is 79.8 Å². The maximum atomic E-state index is 10.9. The second-order valence-electron chi connectivity index (χ2n) is 6.19. The molecule has 3 nitrogen and oxygen atoms in total. The summed E-state index contributed by atoms with van der Waals surface area (Å²) in [5.74, 6) is -1.04. The summed E-state index contributed by atoms with van der Waals surface area (Å²) in [5, 5.41) is 11.6. The Bertz CT molecular complexity index is 910. The molecule has 128 valence electrons. The van der Waals surface area contributed by atoms with Gasteiger partial charge in [-0.3, -0.25) is 0 Å². The zero-order valence-electron chi connectivity index (χ0n) is 14.3. The number of carboxylic acid groups (broad SMARTS) is 1. The molecule has 0 aliphatic rings. The molecule has 0 unspecified atom stereocenters. The van der Waals surface area contributed by atoms with E-state index in [4.69, 9.17) is 11.6 Å². The van der Waals surface area contributed by atoms with Gasteiger partial charge >= 0.3 is 0 Å². The molecule has 0 atom stereocenters. The Kier molecular flexibility index (Phi) is 4.95. The van der Waals surface area contributed by atoms with Gasteiger partial charge in [0.2, 0.25) is 0 Å². The van der Waals surface area contributed by atoms with Crippen molar-refractivity contribution in [1.82, 2.24) is 4.57 Å². The highest BCUT2D eigenvalue weighted by molar-refractivity contribution is 6.30. The molecular weight excluding hydrogens is 334 g/mol. The molecule has 25 heavy (non-hydrogen) atoms. The van der Waals surface area contributed by atoms with Gasteiger partial charge < -0.3 is 14.5 Å². The predicted octanol–water partition coefficient (Wildman–Crippen LogP) is 4.10. The first-order valence-electron chi connectivity index (χ1n) is 8.20. The third kappa shape index (κ3) is 3.77. The van der Waals surface area contributed by atoms with Crippen molar-refractivity contribution in [2.75, 3.05) is 0 Å². The molecule has 2 aromatic carbocycles. The number of aromatic nitrogens is 1. The first-order valence-corrected chi connectivity index (χ1v) is 8.57. The summed E-state index contributed by atoms with van der Waals surface area (Å²) in [6.07, 6.45) is 0.414. The van der Waals surface area contributed by atoms with Crippen LogP contribution in [0.2, 0.25) is 5.02 Å². The maximum absolute atomic E-state index is 10.9. The van der Waals surface area contributed by atoms with Crippen LogP contribution in [0.1, 0.15) is 23.2 Å². The van der Waals surface area contributed by atoms with Crippen LogP contribution in [0.15, 0.2) is 54.6 Å². The smallest absolute Gasteiger partial charge is 0.0531 e. The van der Waals surface area contributed by atoms with Crippen molar-refractivity contribution < 1.29 is 9.90 Å². The van der Waals surface area contributed by atoms with Crippen molar-refractivity contribution in [2.45, 2.75) is 26.7 Å². The van der Waals surface area contributed by atoms with Gasteiger partial charge in [-0.15, -0.1) is 0 Å². The van der Waals surface area contributed by atoms with Crippen LogP contribution in [0, 0.1) is 13.8 Å². The van der Waals surface area contributed by atoms with Crippen LogP contribution in [-0.4, -0.2) is 10.5 Å². The average molecular weight is 353 g/mol. The van der Waals surface area contributed by atoms with Crippen molar-refractivity contribution >= 4 is 17.6 Å². The highest BCUT2D eigenvalue weighted by Gasteiger charge is 2.13. The molecule has 1 aromatic heterocycles. The van der Waals surface area contributed by atoms with Gasteiger partial charge in [-0.1, -0.05) is 29.8 Å². The van der Waals surface area contributed by atoms with Gasteiger partial charge in [0.1, 0.15) is 0 Å². The van der Waals surface area contributed by atoms with Crippen molar-refractivity contribution in [1.29, 1.82) is 0 Å². The van der Waals surface area contributed by atoms with Gasteiger partial charge in [-0.2, -0.15) is 0 Å². The molecule has 3 rings (SSSR count). The summed E-state index contributed by atoms with van der Waals surface area (Å²) in [6, 6.07) is 17.9. The Morgan fingerprint density at radius 3 is 2.36 bits per heavy atom. The summed E-state index contributed by atoms with van der Waals surface area (Å²) < 4.78 is 2.11. The van der Waals surface area contributed by atoms with E-state index in [1.807, 2.05) is 36.4 Å². The number of carboxylic acids is 1. The Morgan fingerprint density at radius 2 is 1.72 bits per heavy atom. The summed E-state index contributed by atoms with van der Waals surface area (Å²) in [4.78, 5) is 10.9. The van der Waals surface area contributed by atoms with E-state index in [9.17, 15) is 9.90 Å². The van der Waals surface area contributed by atoms with Crippen LogP contribution in [-0.2, 0) is 11.2 Å². The first kappa shape index (κ1) is 17.3. The molecule has 0 bridgehead atoms. The van der Waals surface area contributed by atoms with Crippen molar-refractivity contribution in [3.63, 3.8) is 0 Å². The highest BCUT2D eigenvalue weighted by atomic mass is 35.5. The second kappa shape index (κ2) is 7.16. The quantitative estimate of drug-likeness (QED) is 0.694. The summed E-state index contributed by atoms with van der Waals surface area (Å²) in [7, 11) is 0. The summed E-state index contributed by atoms with van der Waals surface area (Å²) in [5.41, 5.74) is 6.42. The molecule has 3 aromatic rings. The Morgan fingerprint density at radius 1 is 1.00 bits per heavy atom. The number of hydrogen-bond acceptors (Lipinski definition) is 2. The fraction of sp³-hybridized carbons (Fsp3) is 0.190. The normalized spacial score (nSPS) is 10.8. The number of carbonyl (C=O) groups excluding carboxylic acids is 1. The Hall–Kier alpha value is -2.52. The fourth-order valence-corrected chi connectivity index (χ4v) is 3.05. The number of aliphatic carboxylic acids is 1. The van der Waals surface area contributed by atoms with Crippen LogP contribution in [0.4, 0.5) is 0 Å². The molecule has 0 fully saturated rings. The van der Waals surface area contributed by atoms with Gasteiger partial charge in [-0.25, -0.2) is 0 Å². The predicted molar refractivity (Wildman–Crippen MR) is 99.0 cm³/mol. The van der Waals surface area contributed by atoms with Crippen molar-refractivity contribution in [3.05, 3.63) is 76.4 Å². The number of carbonyl (C=O) groups is 1. The maximum Gasteiger partial charge on any atom is 0.0531 e.